The Morgan fingerprint density at radius 3 is 2.82 bits per heavy atom. The first kappa shape index (κ1) is 11.7. The Morgan fingerprint density at radius 2 is 2.18 bits per heavy atom. The minimum atomic E-state index is -0.412. The summed E-state index contributed by atoms with van der Waals surface area (Å²) in [4.78, 5) is 4.05. The van der Waals surface area contributed by atoms with Crippen molar-refractivity contribution < 1.29 is 4.74 Å². The number of aromatic nitrogens is 1. The zero-order valence-corrected chi connectivity index (χ0v) is 10.1. The molecule has 0 bridgehead atoms. The van der Waals surface area contributed by atoms with Crippen molar-refractivity contribution in [3.63, 3.8) is 0 Å². The maximum absolute atomic E-state index is 9.37. The second-order valence-electron chi connectivity index (χ2n) is 4.47. The van der Waals surface area contributed by atoms with E-state index in [0.29, 0.717) is 5.88 Å². The van der Waals surface area contributed by atoms with Crippen molar-refractivity contribution >= 4 is 5.69 Å². The van der Waals surface area contributed by atoms with Crippen LogP contribution in [-0.2, 0) is 0 Å². The van der Waals surface area contributed by atoms with Crippen LogP contribution in [0.25, 0.3) is 0 Å². The van der Waals surface area contributed by atoms with Crippen molar-refractivity contribution in [3.05, 3.63) is 18.3 Å². The molecule has 17 heavy (non-hydrogen) atoms. The number of nitrogens with one attached hydrogen (secondary N) is 1. The van der Waals surface area contributed by atoms with Crippen LogP contribution in [-0.4, -0.2) is 17.6 Å². The summed E-state index contributed by atoms with van der Waals surface area (Å²) < 4.78 is 5.08. The summed E-state index contributed by atoms with van der Waals surface area (Å²) in [5, 5.41) is 12.7. The van der Waals surface area contributed by atoms with Crippen LogP contribution in [0.5, 0.6) is 5.88 Å². The Balaban J connectivity index is 2.15. The van der Waals surface area contributed by atoms with Gasteiger partial charge in [0.15, 0.2) is 0 Å². The number of nitrogens with zero attached hydrogens (tertiary/aromatic N) is 2. The van der Waals surface area contributed by atoms with Crippen LogP contribution < -0.4 is 10.1 Å². The molecule has 0 unspecified atom stereocenters. The van der Waals surface area contributed by atoms with Gasteiger partial charge in [0.25, 0.3) is 0 Å². The Labute approximate surface area is 102 Å². The van der Waals surface area contributed by atoms with Gasteiger partial charge in [0, 0.05) is 18.0 Å². The topological polar surface area (TPSA) is 57.9 Å². The number of hydrogen-bond donors (Lipinski definition) is 1. The molecule has 1 aliphatic carbocycles. The standard InChI is InChI=1S/C13H17N3O/c1-17-12-9-11(5-8-15-12)16-13(10-14)6-3-2-4-7-13/h5,8-9H,2-4,6-7H2,1H3,(H,15,16). The van der Waals surface area contributed by atoms with Gasteiger partial charge >= 0.3 is 0 Å². The lowest BCUT2D eigenvalue weighted by Crippen LogP contribution is -2.38. The molecule has 1 fully saturated rings. The third-order valence-corrected chi connectivity index (χ3v) is 3.25. The smallest absolute Gasteiger partial charge is 0.214 e. The largest absolute Gasteiger partial charge is 0.481 e. The molecular weight excluding hydrogens is 214 g/mol. The van der Waals surface area contributed by atoms with E-state index < -0.39 is 5.54 Å². The van der Waals surface area contributed by atoms with E-state index in [-0.39, 0.29) is 0 Å². The van der Waals surface area contributed by atoms with Gasteiger partial charge in [-0.25, -0.2) is 4.98 Å². The van der Waals surface area contributed by atoms with E-state index >= 15 is 0 Å². The van der Waals surface area contributed by atoms with Gasteiger partial charge in [-0.1, -0.05) is 19.3 Å². The summed E-state index contributed by atoms with van der Waals surface area (Å²) in [6, 6.07) is 6.13. The van der Waals surface area contributed by atoms with Crippen LogP contribution in [0, 0.1) is 11.3 Å². The third-order valence-electron chi connectivity index (χ3n) is 3.25. The molecule has 4 nitrogen and oxygen atoms in total. The van der Waals surface area contributed by atoms with Crippen molar-refractivity contribution in [1.82, 2.24) is 4.98 Å². The minimum absolute atomic E-state index is 0.412. The van der Waals surface area contributed by atoms with Crippen LogP contribution in [0.4, 0.5) is 5.69 Å². The molecule has 0 atom stereocenters. The predicted octanol–water partition coefficient (Wildman–Crippen LogP) is 2.73. The van der Waals surface area contributed by atoms with Crippen LogP contribution in [0.15, 0.2) is 18.3 Å². The second-order valence-corrected chi connectivity index (χ2v) is 4.47. The number of anilines is 1. The number of pyridine rings is 1. The van der Waals surface area contributed by atoms with E-state index in [1.165, 1.54) is 6.42 Å². The van der Waals surface area contributed by atoms with E-state index in [2.05, 4.69) is 16.4 Å². The first-order chi connectivity index (χ1) is 8.28. The highest BCUT2D eigenvalue weighted by atomic mass is 16.5. The lowest BCUT2D eigenvalue weighted by molar-refractivity contribution is 0.389. The molecule has 2 rings (SSSR count). The van der Waals surface area contributed by atoms with Crippen LogP contribution in [0.3, 0.4) is 0 Å². The average molecular weight is 231 g/mol. The number of nitriles is 1. The Hall–Kier alpha value is -1.76. The van der Waals surface area contributed by atoms with Gasteiger partial charge in [-0.2, -0.15) is 5.26 Å². The summed E-state index contributed by atoms with van der Waals surface area (Å²) in [7, 11) is 1.59. The van der Waals surface area contributed by atoms with Gasteiger partial charge in [0.1, 0.15) is 5.54 Å². The first-order valence-corrected chi connectivity index (χ1v) is 5.97. The maximum atomic E-state index is 9.37. The average Bonchev–Trinajstić information content (AvgIpc) is 2.40. The molecular formula is C13H17N3O. The highest BCUT2D eigenvalue weighted by Gasteiger charge is 2.31. The zero-order valence-electron chi connectivity index (χ0n) is 10.1. The summed E-state index contributed by atoms with van der Waals surface area (Å²) in [5.41, 5.74) is 0.491. The summed E-state index contributed by atoms with van der Waals surface area (Å²) >= 11 is 0. The van der Waals surface area contributed by atoms with Gasteiger partial charge in [0.05, 0.1) is 13.2 Å². The van der Waals surface area contributed by atoms with E-state index in [1.54, 1.807) is 13.3 Å². The van der Waals surface area contributed by atoms with Gasteiger partial charge < -0.3 is 10.1 Å². The fourth-order valence-electron chi connectivity index (χ4n) is 2.30. The van der Waals surface area contributed by atoms with Crippen LogP contribution in [0.1, 0.15) is 32.1 Å². The molecule has 0 spiro atoms. The quantitative estimate of drug-likeness (QED) is 0.869. The summed E-state index contributed by atoms with van der Waals surface area (Å²) in [6.45, 7) is 0. The molecule has 1 aliphatic rings. The molecule has 0 aliphatic heterocycles. The monoisotopic (exact) mass is 231 g/mol. The van der Waals surface area contributed by atoms with E-state index in [4.69, 9.17) is 4.74 Å². The van der Waals surface area contributed by atoms with Gasteiger partial charge in [-0.15, -0.1) is 0 Å². The number of rotatable bonds is 3. The van der Waals surface area contributed by atoms with Gasteiger partial charge in [-0.3, -0.25) is 0 Å². The highest BCUT2D eigenvalue weighted by molar-refractivity contribution is 5.49. The molecule has 0 radical (unpaired) electrons. The molecule has 1 N–H and O–H groups in total. The highest BCUT2D eigenvalue weighted by Crippen LogP contribution is 2.31. The molecule has 1 saturated carbocycles. The van der Waals surface area contributed by atoms with E-state index in [1.807, 2.05) is 12.1 Å². The molecule has 4 heteroatoms. The van der Waals surface area contributed by atoms with Crippen molar-refractivity contribution in [3.8, 4) is 11.9 Å². The molecule has 1 aromatic rings. The molecule has 0 aromatic carbocycles. The molecule has 1 heterocycles. The SMILES string of the molecule is COc1cc(NC2(C#N)CCCCC2)ccn1. The Morgan fingerprint density at radius 1 is 1.41 bits per heavy atom. The van der Waals surface area contributed by atoms with Crippen molar-refractivity contribution in [2.75, 3.05) is 12.4 Å². The van der Waals surface area contributed by atoms with E-state index in [0.717, 1.165) is 31.4 Å². The molecule has 90 valence electrons. The lowest BCUT2D eigenvalue weighted by atomic mass is 9.82. The Kier molecular flexibility index (Phi) is 3.48. The normalized spacial score (nSPS) is 18.1. The molecule has 0 saturated heterocycles. The van der Waals surface area contributed by atoms with Crippen molar-refractivity contribution in [1.29, 1.82) is 5.26 Å². The van der Waals surface area contributed by atoms with Gasteiger partial charge in [-0.05, 0) is 18.9 Å². The predicted molar refractivity (Wildman–Crippen MR) is 65.8 cm³/mol. The molecule has 0 amide bonds. The fourth-order valence-corrected chi connectivity index (χ4v) is 2.30. The summed E-state index contributed by atoms with van der Waals surface area (Å²) in [6.07, 6.45) is 6.97. The first-order valence-electron chi connectivity index (χ1n) is 5.97. The fraction of sp³-hybridized carbons (Fsp3) is 0.538. The lowest BCUT2D eigenvalue weighted by Gasteiger charge is -2.32. The zero-order chi connectivity index (χ0) is 12.1. The minimum Gasteiger partial charge on any atom is -0.481 e. The molecule has 1 aromatic heterocycles. The van der Waals surface area contributed by atoms with Crippen LogP contribution in [0.2, 0.25) is 0 Å². The number of hydrogen-bond acceptors (Lipinski definition) is 4. The van der Waals surface area contributed by atoms with Crippen LogP contribution >= 0.6 is 0 Å². The van der Waals surface area contributed by atoms with Gasteiger partial charge in [0.2, 0.25) is 5.88 Å². The number of ether oxygens (including phenoxy) is 1. The van der Waals surface area contributed by atoms with Crippen molar-refractivity contribution in [2.45, 2.75) is 37.6 Å². The second kappa shape index (κ2) is 5.05. The third kappa shape index (κ3) is 2.68. The maximum Gasteiger partial charge on any atom is 0.214 e. The van der Waals surface area contributed by atoms with E-state index in [9.17, 15) is 5.26 Å². The Bertz CT molecular complexity index is 419. The summed E-state index contributed by atoms with van der Waals surface area (Å²) in [5.74, 6) is 0.568. The number of methoxy groups -OCH3 is 1. The van der Waals surface area contributed by atoms with Crippen molar-refractivity contribution in [2.24, 2.45) is 0 Å².